The van der Waals surface area contributed by atoms with Crippen molar-refractivity contribution in [1.29, 1.82) is 0 Å². The number of carbonyl (C=O) groups is 1. The molecule has 2 aromatic rings. The van der Waals surface area contributed by atoms with Crippen LogP contribution in [0.2, 0.25) is 5.02 Å². The molecule has 0 aliphatic heterocycles. The van der Waals surface area contributed by atoms with E-state index in [1.165, 1.54) is 6.42 Å². The van der Waals surface area contributed by atoms with E-state index in [1.54, 1.807) is 29.2 Å². The molecule has 1 heterocycles. The van der Waals surface area contributed by atoms with Crippen LogP contribution < -0.4 is 5.69 Å². The van der Waals surface area contributed by atoms with Gasteiger partial charge in [0.15, 0.2) is 0 Å². The fourth-order valence-corrected chi connectivity index (χ4v) is 3.62. The highest BCUT2D eigenvalue weighted by Crippen LogP contribution is 2.24. The van der Waals surface area contributed by atoms with Crippen molar-refractivity contribution in [2.75, 3.05) is 0 Å². The number of halogens is 1. The lowest BCUT2D eigenvalue weighted by atomic mass is 9.93. The number of hydrogen-bond acceptors (Lipinski definition) is 4. The first-order chi connectivity index (χ1) is 12.0. The Hall–Kier alpha value is -2.15. The predicted octanol–water partition coefficient (Wildman–Crippen LogP) is 3.09. The van der Waals surface area contributed by atoms with Crippen molar-refractivity contribution in [2.45, 2.75) is 58.0 Å². The zero-order chi connectivity index (χ0) is 18.0. The molecule has 1 aliphatic carbocycles. The van der Waals surface area contributed by atoms with E-state index >= 15 is 0 Å². The highest BCUT2D eigenvalue weighted by molar-refractivity contribution is 6.32. The van der Waals surface area contributed by atoms with Gasteiger partial charge >= 0.3 is 11.7 Å². The first-order valence-electron chi connectivity index (χ1n) is 8.63. The van der Waals surface area contributed by atoms with Gasteiger partial charge in [0.2, 0.25) is 0 Å². The summed E-state index contributed by atoms with van der Waals surface area (Å²) in [6.45, 7) is 3.91. The van der Waals surface area contributed by atoms with Crippen molar-refractivity contribution in [3.8, 4) is 5.69 Å². The lowest BCUT2D eigenvalue weighted by molar-refractivity contribution is 0.132. The smallest absolute Gasteiger partial charge is 0.317 e. The summed E-state index contributed by atoms with van der Waals surface area (Å²) >= 11 is 6.12. The third-order valence-corrected chi connectivity index (χ3v) is 4.91. The Labute approximate surface area is 151 Å². The summed E-state index contributed by atoms with van der Waals surface area (Å²) in [6, 6.07) is 6.52. The largest absolute Gasteiger partial charge is 0.377 e. The van der Waals surface area contributed by atoms with Gasteiger partial charge in [0, 0.05) is 12.1 Å². The van der Waals surface area contributed by atoms with E-state index in [0.29, 0.717) is 10.7 Å². The van der Waals surface area contributed by atoms with Crippen LogP contribution in [0.5, 0.6) is 0 Å². The van der Waals surface area contributed by atoms with Crippen LogP contribution in [-0.2, 0) is 0 Å². The van der Waals surface area contributed by atoms with Crippen molar-refractivity contribution >= 4 is 17.6 Å². The minimum atomic E-state index is -0.612. The number of para-hydroxylation sites is 1. The van der Waals surface area contributed by atoms with E-state index in [9.17, 15) is 9.59 Å². The average molecular weight is 364 g/mol. The van der Waals surface area contributed by atoms with Crippen molar-refractivity contribution in [3.05, 3.63) is 39.8 Å². The fourth-order valence-electron chi connectivity index (χ4n) is 3.41. The molecular weight excluding hydrogens is 342 g/mol. The van der Waals surface area contributed by atoms with Gasteiger partial charge in [0.1, 0.15) is 0 Å². The number of amides is 1. The Kier molecular flexibility index (Phi) is 5.22. The fraction of sp³-hybridized carbons (Fsp3) is 0.529. The molecule has 0 unspecified atom stereocenters. The minimum absolute atomic E-state index is 0.0204. The number of carbonyl (C=O) groups excluding carboxylic acids is 1. The second-order valence-electron chi connectivity index (χ2n) is 6.61. The second kappa shape index (κ2) is 7.39. The molecule has 25 heavy (non-hydrogen) atoms. The maximum Gasteiger partial charge on any atom is 0.377 e. The van der Waals surface area contributed by atoms with Crippen molar-refractivity contribution in [2.24, 2.45) is 0 Å². The van der Waals surface area contributed by atoms with Gasteiger partial charge in [-0.1, -0.05) is 43.0 Å². The molecule has 7 nitrogen and oxygen atoms in total. The molecular formula is C17H22ClN5O2. The third kappa shape index (κ3) is 3.46. The molecule has 1 aromatic carbocycles. The topological polar surface area (TPSA) is 73.0 Å². The molecule has 0 spiro atoms. The SMILES string of the molecule is CC(C)N(C(=O)n1nnn(-c2ccccc2Cl)c1=O)C1CCCCC1. The molecule has 0 radical (unpaired) electrons. The molecule has 1 aromatic heterocycles. The van der Waals surface area contributed by atoms with Gasteiger partial charge in [-0.05, 0) is 49.2 Å². The highest BCUT2D eigenvalue weighted by Gasteiger charge is 2.31. The molecule has 1 saturated carbocycles. The van der Waals surface area contributed by atoms with Crippen LogP contribution in [0, 0.1) is 0 Å². The molecule has 0 saturated heterocycles. The first-order valence-corrected chi connectivity index (χ1v) is 9.01. The predicted molar refractivity (Wildman–Crippen MR) is 95.3 cm³/mol. The first kappa shape index (κ1) is 17.7. The van der Waals surface area contributed by atoms with E-state index in [-0.39, 0.29) is 12.1 Å². The second-order valence-corrected chi connectivity index (χ2v) is 7.02. The zero-order valence-electron chi connectivity index (χ0n) is 14.4. The van der Waals surface area contributed by atoms with Crippen LogP contribution in [0.25, 0.3) is 5.69 Å². The van der Waals surface area contributed by atoms with Crippen LogP contribution in [0.3, 0.4) is 0 Å². The number of nitrogens with zero attached hydrogens (tertiary/aromatic N) is 5. The molecule has 1 fully saturated rings. The number of benzene rings is 1. The van der Waals surface area contributed by atoms with Crippen LogP contribution in [0.1, 0.15) is 46.0 Å². The monoisotopic (exact) mass is 363 g/mol. The summed E-state index contributed by atoms with van der Waals surface area (Å²) in [6.07, 6.45) is 5.30. The summed E-state index contributed by atoms with van der Waals surface area (Å²) in [5, 5.41) is 8.01. The summed E-state index contributed by atoms with van der Waals surface area (Å²) < 4.78 is 1.89. The third-order valence-electron chi connectivity index (χ3n) is 4.59. The van der Waals surface area contributed by atoms with E-state index in [1.807, 2.05) is 13.8 Å². The quantitative estimate of drug-likeness (QED) is 0.785. The number of tetrazole rings is 1. The van der Waals surface area contributed by atoms with Crippen molar-refractivity contribution in [1.82, 2.24) is 24.7 Å². The Bertz CT molecular complexity index is 807. The number of aromatic nitrogens is 4. The molecule has 1 aliphatic rings. The number of rotatable bonds is 3. The standard InChI is InChI=1S/C17H22ClN5O2/c1-12(2)21(13-8-4-3-5-9-13)16(24)23-17(25)22(19-20-23)15-11-7-6-10-14(15)18/h6-7,10-13H,3-5,8-9H2,1-2H3. The van der Waals surface area contributed by atoms with Crippen LogP contribution in [-0.4, -0.2) is 42.8 Å². The van der Waals surface area contributed by atoms with Crippen LogP contribution >= 0.6 is 11.6 Å². The summed E-state index contributed by atoms with van der Waals surface area (Å²) in [4.78, 5) is 27.4. The lowest BCUT2D eigenvalue weighted by Gasteiger charge is -2.36. The Morgan fingerprint density at radius 1 is 1.20 bits per heavy atom. The van der Waals surface area contributed by atoms with E-state index < -0.39 is 11.7 Å². The van der Waals surface area contributed by atoms with E-state index in [4.69, 9.17) is 11.6 Å². The van der Waals surface area contributed by atoms with Crippen LogP contribution in [0.15, 0.2) is 29.1 Å². The maximum atomic E-state index is 13.0. The maximum absolute atomic E-state index is 13.0. The Morgan fingerprint density at radius 2 is 1.88 bits per heavy atom. The highest BCUT2D eigenvalue weighted by atomic mass is 35.5. The molecule has 0 N–H and O–H groups in total. The average Bonchev–Trinajstić information content (AvgIpc) is 2.97. The van der Waals surface area contributed by atoms with Gasteiger partial charge in [0.05, 0.1) is 10.7 Å². The molecule has 8 heteroatoms. The number of hydrogen-bond donors (Lipinski definition) is 0. The molecule has 134 valence electrons. The van der Waals surface area contributed by atoms with E-state index in [0.717, 1.165) is 35.0 Å². The Balaban J connectivity index is 1.94. The summed E-state index contributed by atoms with van der Waals surface area (Å²) in [5.41, 5.74) is -0.207. The zero-order valence-corrected chi connectivity index (χ0v) is 15.2. The Morgan fingerprint density at radius 3 is 2.52 bits per heavy atom. The minimum Gasteiger partial charge on any atom is -0.317 e. The van der Waals surface area contributed by atoms with Gasteiger partial charge in [-0.2, -0.15) is 4.68 Å². The van der Waals surface area contributed by atoms with Crippen molar-refractivity contribution < 1.29 is 4.79 Å². The lowest BCUT2D eigenvalue weighted by Crippen LogP contribution is -2.50. The van der Waals surface area contributed by atoms with Gasteiger partial charge in [-0.25, -0.2) is 9.59 Å². The van der Waals surface area contributed by atoms with E-state index in [2.05, 4.69) is 10.4 Å². The van der Waals surface area contributed by atoms with Crippen LogP contribution in [0.4, 0.5) is 4.79 Å². The van der Waals surface area contributed by atoms with Crippen molar-refractivity contribution in [3.63, 3.8) is 0 Å². The van der Waals surface area contributed by atoms with Gasteiger partial charge < -0.3 is 4.90 Å². The van der Waals surface area contributed by atoms with Gasteiger partial charge in [-0.3, -0.25) is 0 Å². The molecule has 1 amide bonds. The van der Waals surface area contributed by atoms with Gasteiger partial charge in [0.25, 0.3) is 0 Å². The normalized spacial score (nSPS) is 15.5. The molecule has 0 atom stereocenters. The summed E-state index contributed by atoms with van der Waals surface area (Å²) in [7, 11) is 0. The molecule has 3 rings (SSSR count). The molecule has 0 bridgehead atoms. The van der Waals surface area contributed by atoms with Gasteiger partial charge in [-0.15, -0.1) is 4.68 Å². The summed E-state index contributed by atoms with van der Waals surface area (Å²) in [5.74, 6) is 0.